The molecule has 1 atom stereocenters. The number of unbranched alkanes of at least 4 members (excludes halogenated alkanes) is 9. The molecule has 31 heavy (non-hydrogen) atoms. The second-order valence-corrected chi connectivity index (χ2v) is 8.42. The minimum Gasteiger partial charge on any atom is -0.726 e. The summed E-state index contributed by atoms with van der Waals surface area (Å²) >= 11 is 0. The molecule has 0 saturated heterocycles. The maximum atomic E-state index is 10.4. The molecule has 0 spiro atoms. The molecule has 0 bridgehead atoms. The van der Waals surface area contributed by atoms with Crippen molar-refractivity contribution in [1.29, 1.82) is 0 Å². The van der Waals surface area contributed by atoms with E-state index < -0.39 is 16.5 Å². The first-order valence-electron chi connectivity index (χ1n) is 11.4. The number of rotatable bonds is 24. The van der Waals surface area contributed by atoms with Crippen molar-refractivity contribution in [1.82, 2.24) is 0 Å². The minimum atomic E-state index is -4.69. The van der Waals surface area contributed by atoms with Crippen LogP contribution in [0.5, 0.6) is 0 Å². The standard InChI is InChI=1S/C21H44O8S.Na/c1-3-4-5-6-7-8-9-10-11-12-13-25-14-15-26-16-17-27-18-19-28-20-21(2)29-30(22,23)24;/h21H,3-20H2,1-2H3,(H,22,23,24);/q;+1/p-1. The molecule has 0 aromatic rings. The van der Waals surface area contributed by atoms with Crippen molar-refractivity contribution in [3.05, 3.63) is 0 Å². The molecule has 0 radical (unpaired) electrons. The monoisotopic (exact) mass is 478 g/mol. The van der Waals surface area contributed by atoms with Crippen LogP contribution in [0.2, 0.25) is 0 Å². The van der Waals surface area contributed by atoms with Crippen LogP contribution in [0, 0.1) is 0 Å². The van der Waals surface area contributed by atoms with E-state index in [1.165, 1.54) is 64.7 Å². The van der Waals surface area contributed by atoms with Gasteiger partial charge in [-0.15, -0.1) is 0 Å². The summed E-state index contributed by atoms with van der Waals surface area (Å²) in [5, 5.41) is 0. The van der Waals surface area contributed by atoms with Gasteiger partial charge in [0.15, 0.2) is 0 Å². The van der Waals surface area contributed by atoms with Gasteiger partial charge in [-0.25, -0.2) is 8.42 Å². The Balaban J connectivity index is 0. The van der Waals surface area contributed by atoms with Gasteiger partial charge in [-0.05, 0) is 13.3 Å². The molecule has 0 aliphatic carbocycles. The second kappa shape index (κ2) is 25.3. The zero-order valence-electron chi connectivity index (χ0n) is 20.0. The topological polar surface area (TPSA) is 103 Å². The van der Waals surface area contributed by atoms with Crippen LogP contribution in [0.4, 0.5) is 0 Å². The number of hydrogen-bond acceptors (Lipinski definition) is 8. The predicted molar refractivity (Wildman–Crippen MR) is 115 cm³/mol. The van der Waals surface area contributed by atoms with Crippen LogP contribution in [-0.4, -0.2) is 71.9 Å². The van der Waals surface area contributed by atoms with Crippen molar-refractivity contribution in [3.8, 4) is 0 Å². The first-order chi connectivity index (χ1) is 14.5. The molecule has 0 saturated carbocycles. The summed E-state index contributed by atoms with van der Waals surface area (Å²) in [5.41, 5.74) is 0. The van der Waals surface area contributed by atoms with Crippen molar-refractivity contribution in [2.75, 3.05) is 52.9 Å². The molecule has 1 unspecified atom stereocenters. The number of ether oxygens (including phenoxy) is 4. The maximum Gasteiger partial charge on any atom is 1.00 e. The van der Waals surface area contributed by atoms with Crippen LogP contribution in [0.1, 0.15) is 78.1 Å². The van der Waals surface area contributed by atoms with Gasteiger partial charge in [0.05, 0.1) is 52.4 Å². The Morgan fingerprint density at radius 2 is 1.03 bits per heavy atom. The van der Waals surface area contributed by atoms with Crippen molar-refractivity contribution < 1.29 is 65.7 Å². The first-order valence-corrected chi connectivity index (χ1v) is 12.7. The van der Waals surface area contributed by atoms with Gasteiger partial charge in [0.1, 0.15) is 0 Å². The van der Waals surface area contributed by atoms with Crippen LogP contribution in [0.15, 0.2) is 0 Å². The largest absolute Gasteiger partial charge is 1.00 e. The molecule has 182 valence electrons. The molecule has 0 aromatic carbocycles. The quantitative estimate of drug-likeness (QED) is 0.0870. The van der Waals surface area contributed by atoms with E-state index in [0.29, 0.717) is 33.0 Å². The Morgan fingerprint density at radius 1 is 0.645 bits per heavy atom. The molecule has 0 aliphatic rings. The molecule has 0 fully saturated rings. The molecular weight excluding hydrogens is 435 g/mol. The van der Waals surface area contributed by atoms with E-state index in [1.807, 2.05) is 0 Å². The molecule has 10 heteroatoms. The first kappa shape index (κ1) is 33.9. The molecule has 8 nitrogen and oxygen atoms in total. The van der Waals surface area contributed by atoms with E-state index in [-0.39, 0.29) is 42.8 Å². The molecule has 0 aromatic heterocycles. The fraction of sp³-hybridized carbons (Fsp3) is 1.00. The Hall–Kier alpha value is 0.710. The maximum absolute atomic E-state index is 10.4. The van der Waals surface area contributed by atoms with Crippen molar-refractivity contribution >= 4 is 10.4 Å². The Bertz CT molecular complexity index is 451. The van der Waals surface area contributed by atoms with Crippen LogP contribution in [0.25, 0.3) is 0 Å². The fourth-order valence-electron chi connectivity index (χ4n) is 2.83. The van der Waals surface area contributed by atoms with Gasteiger partial charge in [-0.3, -0.25) is 4.18 Å². The van der Waals surface area contributed by atoms with Gasteiger partial charge >= 0.3 is 29.6 Å². The smallest absolute Gasteiger partial charge is 0.726 e. The van der Waals surface area contributed by atoms with E-state index in [1.54, 1.807) is 0 Å². The van der Waals surface area contributed by atoms with Crippen LogP contribution in [0.3, 0.4) is 0 Å². The Labute approximate surface area is 212 Å². The third-order valence-corrected chi connectivity index (χ3v) is 4.96. The summed E-state index contributed by atoms with van der Waals surface area (Å²) < 4.78 is 56.8. The Kier molecular flexibility index (Phi) is 27.7. The number of hydrogen-bond donors (Lipinski definition) is 0. The predicted octanol–water partition coefficient (Wildman–Crippen LogP) is 0.843. The summed E-state index contributed by atoms with van der Waals surface area (Å²) in [6.07, 6.45) is 12.4. The van der Waals surface area contributed by atoms with Gasteiger partial charge in [-0.1, -0.05) is 64.7 Å². The average molecular weight is 479 g/mol. The third kappa shape index (κ3) is 30.7. The molecule has 0 amide bonds. The molecule has 0 rings (SSSR count). The fourth-order valence-corrected chi connectivity index (χ4v) is 3.29. The second-order valence-electron chi connectivity index (χ2n) is 7.41. The van der Waals surface area contributed by atoms with Gasteiger partial charge in [0.2, 0.25) is 10.4 Å². The zero-order chi connectivity index (χ0) is 22.3. The third-order valence-electron chi connectivity index (χ3n) is 4.39. The van der Waals surface area contributed by atoms with E-state index in [0.717, 1.165) is 13.0 Å². The van der Waals surface area contributed by atoms with Gasteiger partial charge in [-0.2, -0.15) is 0 Å². The molecule has 0 heterocycles. The van der Waals surface area contributed by atoms with Crippen molar-refractivity contribution in [2.45, 2.75) is 84.2 Å². The summed E-state index contributed by atoms with van der Waals surface area (Å²) in [6, 6.07) is 0. The summed E-state index contributed by atoms with van der Waals surface area (Å²) in [4.78, 5) is 0. The van der Waals surface area contributed by atoms with Gasteiger partial charge in [0.25, 0.3) is 0 Å². The summed E-state index contributed by atoms with van der Waals surface area (Å²) in [5.74, 6) is 0. The summed E-state index contributed by atoms with van der Waals surface area (Å²) in [6.45, 7) is 7.23. The van der Waals surface area contributed by atoms with Gasteiger partial charge < -0.3 is 23.5 Å². The van der Waals surface area contributed by atoms with E-state index in [4.69, 9.17) is 18.9 Å². The van der Waals surface area contributed by atoms with Crippen LogP contribution in [-0.2, 0) is 33.5 Å². The molecule has 0 N–H and O–H groups in total. The molecular formula is C21H43NaO8S. The normalized spacial score (nSPS) is 12.6. The molecule has 0 aliphatic heterocycles. The van der Waals surface area contributed by atoms with E-state index >= 15 is 0 Å². The SMILES string of the molecule is CCCCCCCCCCCCOCCOCCOCCOCC(C)OS(=O)(=O)[O-].[Na+]. The van der Waals surface area contributed by atoms with Crippen LogP contribution < -0.4 is 29.6 Å². The zero-order valence-corrected chi connectivity index (χ0v) is 22.8. The average Bonchev–Trinajstić information content (AvgIpc) is 2.68. The minimum absolute atomic E-state index is 0. The van der Waals surface area contributed by atoms with Gasteiger partial charge in [0, 0.05) is 6.61 Å². The van der Waals surface area contributed by atoms with E-state index in [2.05, 4.69) is 11.1 Å². The Morgan fingerprint density at radius 3 is 1.48 bits per heavy atom. The van der Waals surface area contributed by atoms with Crippen LogP contribution >= 0.6 is 0 Å². The van der Waals surface area contributed by atoms with Crippen molar-refractivity contribution in [2.24, 2.45) is 0 Å². The summed E-state index contributed by atoms with van der Waals surface area (Å²) in [7, 11) is -4.69. The van der Waals surface area contributed by atoms with Crippen molar-refractivity contribution in [3.63, 3.8) is 0 Å². The van der Waals surface area contributed by atoms with E-state index in [9.17, 15) is 13.0 Å².